The van der Waals surface area contributed by atoms with Crippen molar-refractivity contribution in [3.05, 3.63) is 18.2 Å². The topological polar surface area (TPSA) is 69.3 Å². The highest BCUT2D eigenvalue weighted by atomic mass is 127. The lowest BCUT2D eigenvalue weighted by Gasteiger charge is -2.19. The highest BCUT2D eigenvalue weighted by Gasteiger charge is 2.13. The van der Waals surface area contributed by atoms with Gasteiger partial charge >= 0.3 is 0 Å². The summed E-state index contributed by atoms with van der Waals surface area (Å²) in [6, 6.07) is 5.51. The number of nitrogens with two attached hydrogens (primary N) is 1. The van der Waals surface area contributed by atoms with Gasteiger partial charge in [0.2, 0.25) is 6.79 Å². The molecule has 2 rings (SSSR count). The summed E-state index contributed by atoms with van der Waals surface area (Å²) in [6.45, 7) is 7.08. The number of guanidine groups is 1. The molecule has 1 heterocycles. The monoisotopic (exact) mass is 407 g/mol. The maximum absolute atomic E-state index is 5.88. The molecule has 0 aliphatic carbocycles. The minimum Gasteiger partial charge on any atom is -0.492 e. The molecule has 118 valence electrons. The maximum atomic E-state index is 5.88. The number of halogens is 1. The molecule has 1 aromatic rings. The lowest BCUT2D eigenvalue weighted by molar-refractivity contribution is 0.174. The van der Waals surface area contributed by atoms with Gasteiger partial charge in [0.25, 0.3) is 0 Å². The molecule has 0 aromatic heterocycles. The van der Waals surface area contributed by atoms with Crippen molar-refractivity contribution in [3.63, 3.8) is 0 Å². The Balaban J connectivity index is 0.00000220. The molecule has 1 aliphatic heterocycles. The van der Waals surface area contributed by atoms with E-state index < -0.39 is 0 Å². The summed E-state index contributed by atoms with van der Waals surface area (Å²) in [5.74, 6) is 2.77. The number of hydrogen-bond acceptors (Lipinski definition) is 4. The standard InChI is InChI=1S/C14H21N3O3.HI/c1-3-17(4-2)14(15)16-7-8-18-11-5-6-12-13(9-11)20-10-19-12;/h5-6,9H,3-4,7-8,10H2,1-2H3,(H2,15,16);1H. The zero-order valence-corrected chi connectivity index (χ0v) is 14.7. The second kappa shape index (κ2) is 8.81. The van der Waals surface area contributed by atoms with Crippen LogP contribution >= 0.6 is 24.0 Å². The van der Waals surface area contributed by atoms with Crippen LogP contribution in [0, 0.1) is 0 Å². The lowest BCUT2D eigenvalue weighted by Crippen LogP contribution is -2.37. The van der Waals surface area contributed by atoms with Crippen molar-refractivity contribution in [1.82, 2.24) is 4.90 Å². The van der Waals surface area contributed by atoms with E-state index in [1.54, 1.807) is 0 Å². The number of ether oxygens (including phenoxy) is 3. The number of nitrogens with zero attached hydrogens (tertiary/aromatic N) is 2. The predicted octanol–water partition coefficient (Wildman–Crippen LogP) is 2.07. The average molecular weight is 407 g/mol. The van der Waals surface area contributed by atoms with Crippen molar-refractivity contribution in [3.8, 4) is 17.2 Å². The molecular formula is C14H22IN3O3. The fourth-order valence-corrected chi connectivity index (χ4v) is 1.94. The summed E-state index contributed by atoms with van der Waals surface area (Å²) >= 11 is 0. The molecule has 0 amide bonds. The van der Waals surface area contributed by atoms with Crippen LogP contribution in [0.25, 0.3) is 0 Å². The van der Waals surface area contributed by atoms with Crippen molar-refractivity contribution in [1.29, 1.82) is 0 Å². The molecule has 0 unspecified atom stereocenters. The van der Waals surface area contributed by atoms with Crippen LogP contribution in [0.1, 0.15) is 13.8 Å². The van der Waals surface area contributed by atoms with Crippen LogP contribution in [0.2, 0.25) is 0 Å². The summed E-state index contributed by atoms with van der Waals surface area (Å²) in [7, 11) is 0. The Morgan fingerprint density at radius 2 is 2.00 bits per heavy atom. The van der Waals surface area contributed by atoms with E-state index in [1.807, 2.05) is 23.1 Å². The van der Waals surface area contributed by atoms with Gasteiger partial charge in [-0.05, 0) is 26.0 Å². The molecule has 0 saturated carbocycles. The maximum Gasteiger partial charge on any atom is 0.231 e. The molecule has 6 nitrogen and oxygen atoms in total. The fourth-order valence-electron chi connectivity index (χ4n) is 1.94. The number of hydrogen-bond donors (Lipinski definition) is 1. The quantitative estimate of drug-likeness (QED) is 0.339. The Hall–Kier alpha value is -1.38. The van der Waals surface area contributed by atoms with Crippen LogP contribution in [0.5, 0.6) is 17.2 Å². The van der Waals surface area contributed by atoms with Crippen LogP contribution in [0.4, 0.5) is 0 Å². The van der Waals surface area contributed by atoms with E-state index >= 15 is 0 Å². The summed E-state index contributed by atoms with van der Waals surface area (Å²) in [5.41, 5.74) is 5.88. The molecule has 0 spiro atoms. The number of fused-ring (bicyclic) bond motifs is 1. The third-order valence-corrected chi connectivity index (χ3v) is 3.07. The van der Waals surface area contributed by atoms with Crippen LogP contribution < -0.4 is 19.9 Å². The lowest BCUT2D eigenvalue weighted by atomic mass is 10.3. The van der Waals surface area contributed by atoms with Gasteiger partial charge in [0.05, 0.1) is 6.54 Å². The zero-order chi connectivity index (χ0) is 14.4. The van der Waals surface area contributed by atoms with Gasteiger partial charge in [0.1, 0.15) is 12.4 Å². The minimum atomic E-state index is 0. The van der Waals surface area contributed by atoms with Crippen molar-refractivity contribution in [2.75, 3.05) is 33.0 Å². The molecule has 0 saturated heterocycles. The Morgan fingerprint density at radius 1 is 1.29 bits per heavy atom. The number of aliphatic imine (C=N–C) groups is 1. The highest BCUT2D eigenvalue weighted by Crippen LogP contribution is 2.34. The molecule has 0 radical (unpaired) electrons. The third-order valence-electron chi connectivity index (χ3n) is 3.07. The first-order valence-corrected chi connectivity index (χ1v) is 6.82. The van der Waals surface area contributed by atoms with Gasteiger partial charge in [-0.1, -0.05) is 0 Å². The van der Waals surface area contributed by atoms with Crippen molar-refractivity contribution in [2.24, 2.45) is 10.7 Å². The van der Waals surface area contributed by atoms with Crippen LogP contribution in [0.3, 0.4) is 0 Å². The van der Waals surface area contributed by atoms with E-state index in [1.165, 1.54) is 0 Å². The minimum absolute atomic E-state index is 0. The Morgan fingerprint density at radius 3 is 2.71 bits per heavy atom. The smallest absolute Gasteiger partial charge is 0.231 e. The first-order chi connectivity index (χ1) is 9.74. The normalized spacial score (nSPS) is 12.8. The largest absolute Gasteiger partial charge is 0.492 e. The van der Waals surface area contributed by atoms with Crippen molar-refractivity contribution in [2.45, 2.75) is 13.8 Å². The molecule has 1 aliphatic rings. The van der Waals surface area contributed by atoms with Crippen molar-refractivity contribution < 1.29 is 14.2 Å². The van der Waals surface area contributed by atoms with Crippen LogP contribution in [0.15, 0.2) is 23.2 Å². The number of benzene rings is 1. The molecule has 7 heteroatoms. The molecule has 0 fully saturated rings. The summed E-state index contributed by atoms with van der Waals surface area (Å²) < 4.78 is 16.1. The fraction of sp³-hybridized carbons (Fsp3) is 0.500. The first kappa shape index (κ1) is 17.7. The van der Waals surface area contributed by atoms with Crippen LogP contribution in [-0.2, 0) is 0 Å². The Labute approximate surface area is 142 Å². The highest BCUT2D eigenvalue weighted by molar-refractivity contribution is 14.0. The second-order valence-corrected chi connectivity index (χ2v) is 4.28. The number of rotatable bonds is 6. The van der Waals surface area contributed by atoms with E-state index in [9.17, 15) is 0 Å². The molecular weight excluding hydrogens is 385 g/mol. The van der Waals surface area contributed by atoms with E-state index in [2.05, 4.69) is 18.8 Å². The Kier molecular flexibility index (Phi) is 7.41. The average Bonchev–Trinajstić information content (AvgIpc) is 2.92. The van der Waals surface area contributed by atoms with Gasteiger partial charge in [-0.2, -0.15) is 0 Å². The summed E-state index contributed by atoms with van der Waals surface area (Å²) in [4.78, 5) is 6.29. The molecule has 0 atom stereocenters. The van der Waals surface area contributed by atoms with E-state index in [4.69, 9.17) is 19.9 Å². The first-order valence-electron chi connectivity index (χ1n) is 6.82. The van der Waals surface area contributed by atoms with E-state index in [0.717, 1.165) is 24.6 Å². The second-order valence-electron chi connectivity index (χ2n) is 4.28. The van der Waals surface area contributed by atoms with Gasteiger partial charge in [-0.25, -0.2) is 4.99 Å². The van der Waals surface area contributed by atoms with Gasteiger partial charge in [0, 0.05) is 19.2 Å². The van der Waals surface area contributed by atoms with E-state index in [0.29, 0.717) is 24.9 Å². The molecule has 21 heavy (non-hydrogen) atoms. The zero-order valence-electron chi connectivity index (χ0n) is 12.4. The Bertz CT molecular complexity index is 479. The van der Waals surface area contributed by atoms with Gasteiger partial charge in [-0.3, -0.25) is 0 Å². The third kappa shape index (κ3) is 4.83. The SMILES string of the molecule is CCN(CC)C(N)=NCCOc1ccc2c(c1)OCO2.I. The van der Waals surface area contributed by atoms with Gasteiger partial charge in [-0.15, -0.1) is 24.0 Å². The predicted molar refractivity (Wildman–Crippen MR) is 92.9 cm³/mol. The molecule has 2 N–H and O–H groups in total. The van der Waals surface area contributed by atoms with Gasteiger partial charge in [0.15, 0.2) is 17.5 Å². The van der Waals surface area contributed by atoms with E-state index in [-0.39, 0.29) is 30.8 Å². The molecule has 0 bridgehead atoms. The van der Waals surface area contributed by atoms with Gasteiger partial charge < -0.3 is 24.8 Å². The van der Waals surface area contributed by atoms with Crippen LogP contribution in [-0.4, -0.2) is 43.9 Å². The summed E-state index contributed by atoms with van der Waals surface area (Å²) in [5, 5.41) is 0. The summed E-state index contributed by atoms with van der Waals surface area (Å²) in [6.07, 6.45) is 0. The molecule has 1 aromatic carbocycles. The van der Waals surface area contributed by atoms with Crippen molar-refractivity contribution >= 4 is 29.9 Å².